The van der Waals surface area contributed by atoms with Crippen LogP contribution in [0.2, 0.25) is 0 Å². The van der Waals surface area contributed by atoms with Crippen molar-refractivity contribution in [1.29, 1.82) is 0 Å². The topological polar surface area (TPSA) is 21.3 Å². The van der Waals surface area contributed by atoms with Gasteiger partial charge in [0.15, 0.2) is 0 Å². The number of likely N-dealkylation sites (N-methyl/N-ethyl adjacent to an activating group) is 1. The standard InChI is InChI=1S/C15H20BrNO/c1-3-17-15(14-6-4-5-9-18-14)13-10-12(16)8-7-11(13)2/h6-8,10,15,17H,3-5,9H2,1-2H3. The van der Waals surface area contributed by atoms with Gasteiger partial charge in [0.25, 0.3) is 0 Å². The van der Waals surface area contributed by atoms with Crippen molar-refractivity contribution >= 4 is 15.9 Å². The number of aryl methyl sites for hydroxylation is 1. The van der Waals surface area contributed by atoms with Crippen LogP contribution in [0, 0.1) is 6.92 Å². The van der Waals surface area contributed by atoms with E-state index in [1.165, 1.54) is 11.1 Å². The van der Waals surface area contributed by atoms with Crippen LogP contribution in [-0.4, -0.2) is 13.2 Å². The molecule has 2 rings (SSSR count). The summed E-state index contributed by atoms with van der Waals surface area (Å²) in [4.78, 5) is 0. The molecule has 1 aromatic rings. The van der Waals surface area contributed by atoms with Crippen LogP contribution >= 0.6 is 15.9 Å². The molecule has 2 nitrogen and oxygen atoms in total. The SMILES string of the molecule is CCNC(C1=CCCCO1)c1cc(Br)ccc1C. The number of ether oxygens (including phenoxy) is 1. The van der Waals surface area contributed by atoms with Gasteiger partial charge in [-0.05, 0) is 55.6 Å². The summed E-state index contributed by atoms with van der Waals surface area (Å²) in [5.74, 6) is 1.07. The van der Waals surface area contributed by atoms with E-state index in [0.717, 1.165) is 36.2 Å². The molecule has 0 fully saturated rings. The molecule has 1 heterocycles. The lowest BCUT2D eigenvalue weighted by Gasteiger charge is -2.26. The van der Waals surface area contributed by atoms with Crippen LogP contribution in [0.15, 0.2) is 34.5 Å². The van der Waals surface area contributed by atoms with E-state index in [-0.39, 0.29) is 6.04 Å². The Morgan fingerprint density at radius 3 is 2.94 bits per heavy atom. The Morgan fingerprint density at radius 2 is 2.28 bits per heavy atom. The second kappa shape index (κ2) is 6.39. The molecule has 0 spiro atoms. The Balaban J connectivity index is 2.34. The Labute approximate surface area is 118 Å². The Bertz CT molecular complexity index is 442. The molecule has 98 valence electrons. The van der Waals surface area contributed by atoms with Crippen LogP contribution in [0.1, 0.15) is 36.9 Å². The van der Waals surface area contributed by atoms with Crippen LogP contribution in [-0.2, 0) is 4.74 Å². The first-order valence-corrected chi connectivity index (χ1v) is 7.34. The zero-order chi connectivity index (χ0) is 13.0. The van der Waals surface area contributed by atoms with Crippen LogP contribution in [0.3, 0.4) is 0 Å². The number of halogens is 1. The quantitative estimate of drug-likeness (QED) is 0.904. The van der Waals surface area contributed by atoms with Crippen LogP contribution in [0.5, 0.6) is 0 Å². The first kappa shape index (κ1) is 13.6. The number of benzene rings is 1. The average Bonchev–Trinajstić information content (AvgIpc) is 2.40. The highest BCUT2D eigenvalue weighted by Crippen LogP contribution is 2.30. The van der Waals surface area contributed by atoms with Crippen molar-refractivity contribution in [2.24, 2.45) is 0 Å². The predicted octanol–water partition coefficient (Wildman–Crippen LogP) is 4.10. The summed E-state index contributed by atoms with van der Waals surface area (Å²) < 4.78 is 6.94. The molecule has 1 aliphatic heterocycles. The van der Waals surface area contributed by atoms with E-state index < -0.39 is 0 Å². The number of rotatable bonds is 4. The van der Waals surface area contributed by atoms with Gasteiger partial charge in [-0.15, -0.1) is 0 Å². The van der Waals surface area contributed by atoms with Crippen molar-refractivity contribution in [3.8, 4) is 0 Å². The van der Waals surface area contributed by atoms with Crippen molar-refractivity contribution in [3.63, 3.8) is 0 Å². The monoisotopic (exact) mass is 309 g/mol. The van der Waals surface area contributed by atoms with Gasteiger partial charge in [-0.3, -0.25) is 0 Å². The molecule has 1 aromatic carbocycles. The maximum absolute atomic E-state index is 5.83. The molecule has 0 aliphatic carbocycles. The lowest BCUT2D eigenvalue weighted by Crippen LogP contribution is -2.26. The minimum absolute atomic E-state index is 0.174. The highest BCUT2D eigenvalue weighted by atomic mass is 79.9. The Kier molecular flexibility index (Phi) is 4.84. The molecule has 0 amide bonds. The van der Waals surface area contributed by atoms with Gasteiger partial charge in [0, 0.05) is 4.47 Å². The molecule has 0 bridgehead atoms. The predicted molar refractivity (Wildman–Crippen MR) is 78.6 cm³/mol. The first-order valence-electron chi connectivity index (χ1n) is 6.54. The van der Waals surface area contributed by atoms with Crippen molar-refractivity contribution < 1.29 is 4.74 Å². The van der Waals surface area contributed by atoms with Gasteiger partial charge >= 0.3 is 0 Å². The molecule has 1 atom stereocenters. The fourth-order valence-corrected chi connectivity index (χ4v) is 2.65. The van der Waals surface area contributed by atoms with E-state index in [9.17, 15) is 0 Å². The van der Waals surface area contributed by atoms with Crippen LogP contribution < -0.4 is 5.32 Å². The normalized spacial score (nSPS) is 16.9. The van der Waals surface area contributed by atoms with Gasteiger partial charge in [-0.2, -0.15) is 0 Å². The van der Waals surface area contributed by atoms with E-state index in [1.54, 1.807) is 0 Å². The number of nitrogens with one attached hydrogen (secondary N) is 1. The number of allylic oxidation sites excluding steroid dienone is 1. The largest absolute Gasteiger partial charge is 0.496 e. The third-order valence-electron chi connectivity index (χ3n) is 3.21. The molecule has 3 heteroatoms. The average molecular weight is 310 g/mol. The zero-order valence-electron chi connectivity index (χ0n) is 11.0. The molecule has 0 saturated heterocycles. The summed E-state index contributed by atoms with van der Waals surface area (Å²) in [5.41, 5.74) is 2.58. The highest BCUT2D eigenvalue weighted by molar-refractivity contribution is 9.10. The van der Waals surface area contributed by atoms with E-state index in [1.807, 2.05) is 0 Å². The summed E-state index contributed by atoms with van der Waals surface area (Å²) in [6.07, 6.45) is 4.46. The summed E-state index contributed by atoms with van der Waals surface area (Å²) in [6, 6.07) is 6.58. The maximum Gasteiger partial charge on any atom is 0.113 e. The molecular formula is C15H20BrNO. The Morgan fingerprint density at radius 1 is 1.44 bits per heavy atom. The molecular weight excluding hydrogens is 290 g/mol. The van der Waals surface area contributed by atoms with Crippen molar-refractivity contribution in [2.75, 3.05) is 13.2 Å². The summed E-state index contributed by atoms with van der Waals surface area (Å²) in [7, 11) is 0. The number of hydrogen-bond acceptors (Lipinski definition) is 2. The van der Waals surface area contributed by atoms with Crippen molar-refractivity contribution in [2.45, 2.75) is 32.7 Å². The van der Waals surface area contributed by atoms with Crippen molar-refractivity contribution in [3.05, 3.63) is 45.6 Å². The fourth-order valence-electron chi connectivity index (χ4n) is 2.27. The lowest BCUT2D eigenvalue weighted by atomic mass is 9.98. The van der Waals surface area contributed by atoms with Crippen LogP contribution in [0.4, 0.5) is 0 Å². The van der Waals surface area contributed by atoms with Gasteiger partial charge in [0.05, 0.1) is 12.6 Å². The third-order valence-corrected chi connectivity index (χ3v) is 3.70. The highest BCUT2D eigenvalue weighted by Gasteiger charge is 2.20. The molecule has 18 heavy (non-hydrogen) atoms. The van der Waals surface area contributed by atoms with E-state index in [2.05, 4.69) is 59.4 Å². The van der Waals surface area contributed by atoms with E-state index in [4.69, 9.17) is 4.74 Å². The zero-order valence-corrected chi connectivity index (χ0v) is 12.6. The van der Waals surface area contributed by atoms with Crippen LogP contribution in [0.25, 0.3) is 0 Å². The minimum atomic E-state index is 0.174. The molecule has 0 aromatic heterocycles. The van der Waals surface area contributed by atoms with E-state index >= 15 is 0 Å². The second-order valence-electron chi connectivity index (χ2n) is 4.59. The lowest BCUT2D eigenvalue weighted by molar-refractivity contribution is 0.168. The fraction of sp³-hybridized carbons (Fsp3) is 0.467. The second-order valence-corrected chi connectivity index (χ2v) is 5.50. The summed E-state index contributed by atoms with van der Waals surface area (Å²) >= 11 is 3.55. The van der Waals surface area contributed by atoms with E-state index in [0.29, 0.717) is 0 Å². The molecule has 1 N–H and O–H groups in total. The first-order chi connectivity index (χ1) is 8.72. The summed E-state index contributed by atoms with van der Waals surface area (Å²) in [6.45, 7) is 6.04. The summed E-state index contributed by atoms with van der Waals surface area (Å²) in [5, 5.41) is 3.52. The molecule has 1 aliphatic rings. The smallest absolute Gasteiger partial charge is 0.113 e. The van der Waals surface area contributed by atoms with Gasteiger partial charge < -0.3 is 10.1 Å². The molecule has 0 saturated carbocycles. The van der Waals surface area contributed by atoms with Gasteiger partial charge in [0.1, 0.15) is 5.76 Å². The third kappa shape index (κ3) is 3.15. The van der Waals surface area contributed by atoms with Gasteiger partial charge in [0.2, 0.25) is 0 Å². The number of hydrogen-bond donors (Lipinski definition) is 1. The van der Waals surface area contributed by atoms with Crippen molar-refractivity contribution in [1.82, 2.24) is 5.32 Å². The maximum atomic E-state index is 5.83. The van der Waals surface area contributed by atoms with Gasteiger partial charge in [-0.25, -0.2) is 0 Å². The minimum Gasteiger partial charge on any atom is -0.496 e. The Hall–Kier alpha value is -0.800. The molecule has 1 unspecified atom stereocenters. The van der Waals surface area contributed by atoms with Gasteiger partial charge in [-0.1, -0.05) is 28.9 Å². The molecule has 0 radical (unpaired) electrons.